The molecule has 284 valence electrons. The molecule has 0 spiro atoms. The minimum Gasteiger partial charge on any atom is -0.459 e. The number of amides is 2. The lowest BCUT2D eigenvalue weighted by molar-refractivity contribution is -0.160. The molecule has 3 rings (SSSR count). The average molecular weight is 753 g/mol. The summed E-state index contributed by atoms with van der Waals surface area (Å²) in [6.07, 6.45) is -0.984. The van der Waals surface area contributed by atoms with Crippen molar-refractivity contribution in [2.45, 2.75) is 117 Å². The molecule has 0 aromatic heterocycles. The molecular weight excluding hydrogens is 698 g/mol. The summed E-state index contributed by atoms with van der Waals surface area (Å²) in [6, 6.07) is 11.7. The number of hydrogen-bond acceptors (Lipinski definition) is 9. The minimum absolute atomic E-state index is 0.0420. The van der Waals surface area contributed by atoms with E-state index in [1.54, 1.807) is 87.4 Å². The van der Waals surface area contributed by atoms with Gasteiger partial charge in [0.25, 0.3) is 0 Å². The number of hydrogen-bond donors (Lipinski definition) is 0. The number of esters is 1. The predicted molar refractivity (Wildman–Crippen MR) is 198 cm³/mol. The van der Waals surface area contributed by atoms with E-state index in [-0.39, 0.29) is 45.1 Å². The van der Waals surface area contributed by atoms with Crippen molar-refractivity contribution < 1.29 is 42.1 Å². The molecule has 10 nitrogen and oxygen atoms in total. The summed E-state index contributed by atoms with van der Waals surface area (Å²) >= 11 is 6.53. The maximum absolute atomic E-state index is 14.9. The minimum atomic E-state index is -3.68. The number of imide groups is 1. The molecule has 2 aromatic carbocycles. The lowest BCUT2D eigenvalue weighted by atomic mass is 9.96. The Kier molecular flexibility index (Phi) is 14.0. The highest BCUT2D eigenvalue weighted by molar-refractivity contribution is 7.62. The summed E-state index contributed by atoms with van der Waals surface area (Å²) in [6.45, 7) is 18.0. The van der Waals surface area contributed by atoms with Crippen LogP contribution in [0.25, 0.3) is 11.1 Å². The molecule has 2 atom stereocenters. The van der Waals surface area contributed by atoms with Gasteiger partial charge in [-0.3, -0.25) is 14.3 Å². The number of halogens is 2. The molecule has 0 radical (unpaired) electrons. The molecular formula is C38H55ClFN2O8P. The van der Waals surface area contributed by atoms with Crippen LogP contribution in [0, 0.1) is 5.82 Å². The Balaban J connectivity index is 1.98. The fourth-order valence-electron chi connectivity index (χ4n) is 5.94. The normalized spacial score (nSPS) is 20.1. The lowest BCUT2D eigenvalue weighted by Crippen LogP contribution is -2.56. The number of carbonyl (C=O) groups excluding carboxylic acids is 3. The number of carbonyl (C=O) groups is 3. The smallest absolute Gasteiger partial charge is 0.419 e. The first-order chi connectivity index (χ1) is 23.5. The first-order valence-corrected chi connectivity index (χ1v) is 19.6. The van der Waals surface area contributed by atoms with E-state index < -0.39 is 53.3 Å². The molecule has 13 heteroatoms. The van der Waals surface area contributed by atoms with Gasteiger partial charge in [-0.2, -0.15) is 0 Å². The van der Waals surface area contributed by atoms with E-state index in [4.69, 9.17) is 30.3 Å². The van der Waals surface area contributed by atoms with Gasteiger partial charge in [-0.1, -0.05) is 35.9 Å². The molecule has 1 unspecified atom stereocenters. The molecule has 1 heterocycles. The van der Waals surface area contributed by atoms with Gasteiger partial charge in [0.1, 0.15) is 22.6 Å². The van der Waals surface area contributed by atoms with Crippen LogP contribution in [0.1, 0.15) is 94.1 Å². The third-order valence-electron chi connectivity index (χ3n) is 8.04. The first-order valence-electron chi connectivity index (χ1n) is 17.5. The molecule has 1 saturated heterocycles. The SMILES string of the molecule is CCOP1(=O)CCN(Cc2ccc(F)cc2-c2ccccc2Cl)C[C@@]1(CCCCN(C(=O)OC(C)(C)C)C(=O)OC(C)(C)C)C(=O)OC(C)(C)C. The molecule has 51 heavy (non-hydrogen) atoms. The van der Waals surface area contributed by atoms with E-state index in [0.29, 0.717) is 29.2 Å². The van der Waals surface area contributed by atoms with Crippen LogP contribution in [0.5, 0.6) is 0 Å². The van der Waals surface area contributed by atoms with Gasteiger partial charge in [-0.15, -0.1) is 0 Å². The van der Waals surface area contributed by atoms with Crippen LogP contribution in [0.2, 0.25) is 5.02 Å². The number of nitrogens with zero attached hydrogens (tertiary/aromatic N) is 2. The molecule has 1 aliphatic rings. The zero-order valence-electron chi connectivity index (χ0n) is 31.8. The summed E-state index contributed by atoms with van der Waals surface area (Å²) in [4.78, 5) is 43.5. The highest BCUT2D eigenvalue weighted by atomic mass is 35.5. The Morgan fingerprint density at radius 3 is 2.02 bits per heavy atom. The molecule has 0 bridgehead atoms. The van der Waals surface area contributed by atoms with Crippen LogP contribution >= 0.6 is 19.0 Å². The highest BCUT2D eigenvalue weighted by Crippen LogP contribution is 2.64. The van der Waals surface area contributed by atoms with E-state index >= 15 is 0 Å². The molecule has 0 N–H and O–H groups in total. The Hall–Kier alpha value is -2.98. The van der Waals surface area contributed by atoms with E-state index in [1.165, 1.54) is 12.1 Å². The van der Waals surface area contributed by atoms with Gasteiger partial charge in [-0.05, 0) is 118 Å². The van der Waals surface area contributed by atoms with Gasteiger partial charge in [0, 0.05) is 42.9 Å². The van der Waals surface area contributed by atoms with Crippen molar-refractivity contribution in [3.05, 3.63) is 58.9 Å². The van der Waals surface area contributed by atoms with Crippen molar-refractivity contribution >= 4 is 37.1 Å². The molecule has 2 amide bonds. The summed E-state index contributed by atoms with van der Waals surface area (Å²) in [5.74, 6) is -1.05. The van der Waals surface area contributed by atoms with Gasteiger partial charge in [0.2, 0.25) is 7.37 Å². The maximum Gasteiger partial charge on any atom is 0.419 e. The van der Waals surface area contributed by atoms with E-state index in [9.17, 15) is 23.3 Å². The van der Waals surface area contributed by atoms with Crippen LogP contribution in [-0.2, 0) is 34.6 Å². The Labute approximate surface area is 307 Å². The first kappa shape index (κ1) is 42.4. The topological polar surface area (TPSA) is 112 Å². The molecule has 1 aliphatic heterocycles. The standard InChI is InChI=1S/C38H55ClFN2O8P/c1-11-47-51(46)23-22-41(25-27-18-19-28(40)24-30(27)29-16-12-13-17-31(29)39)26-38(51,32(43)48-35(2,3)4)20-14-15-21-42(33(44)49-36(5,6)7)34(45)50-37(8,9)10/h12-13,16-19,24H,11,14-15,20-23,25-26H2,1-10H3/t38-,51?/m0/s1. The monoisotopic (exact) mass is 752 g/mol. The van der Waals surface area contributed by atoms with Gasteiger partial charge in [-0.25, -0.2) is 18.9 Å². The van der Waals surface area contributed by atoms with Crippen LogP contribution in [0.4, 0.5) is 14.0 Å². The van der Waals surface area contributed by atoms with Crippen LogP contribution in [0.3, 0.4) is 0 Å². The van der Waals surface area contributed by atoms with Crippen LogP contribution < -0.4 is 0 Å². The summed E-state index contributed by atoms with van der Waals surface area (Å²) in [5.41, 5.74) is -0.535. The van der Waals surface area contributed by atoms with Crippen molar-refractivity contribution in [1.29, 1.82) is 0 Å². The number of rotatable bonds is 11. The second kappa shape index (κ2) is 16.8. The summed E-state index contributed by atoms with van der Waals surface area (Å²) in [7, 11) is -3.68. The van der Waals surface area contributed by atoms with Crippen molar-refractivity contribution in [3.63, 3.8) is 0 Å². The predicted octanol–water partition coefficient (Wildman–Crippen LogP) is 9.70. The molecule has 2 aromatic rings. The van der Waals surface area contributed by atoms with Crippen molar-refractivity contribution in [1.82, 2.24) is 9.80 Å². The van der Waals surface area contributed by atoms with Crippen LogP contribution in [0.15, 0.2) is 42.5 Å². The fourth-order valence-corrected chi connectivity index (χ4v) is 9.18. The third kappa shape index (κ3) is 11.8. The van der Waals surface area contributed by atoms with E-state index in [1.807, 2.05) is 17.0 Å². The number of unbranched alkanes of at least 4 members (excludes halogenated alkanes) is 1. The van der Waals surface area contributed by atoms with E-state index in [2.05, 4.69) is 0 Å². The van der Waals surface area contributed by atoms with Crippen molar-refractivity contribution in [3.8, 4) is 11.1 Å². The quantitative estimate of drug-likeness (QED) is 0.0959. The van der Waals surface area contributed by atoms with Gasteiger partial charge >= 0.3 is 18.2 Å². The fraction of sp³-hybridized carbons (Fsp3) is 0.605. The largest absolute Gasteiger partial charge is 0.459 e. The zero-order valence-corrected chi connectivity index (χ0v) is 33.4. The Morgan fingerprint density at radius 1 is 0.882 bits per heavy atom. The van der Waals surface area contributed by atoms with Crippen molar-refractivity contribution in [2.24, 2.45) is 0 Å². The molecule has 0 aliphatic carbocycles. The van der Waals surface area contributed by atoms with Gasteiger partial charge in [0.05, 0.1) is 6.61 Å². The number of benzene rings is 2. The van der Waals surface area contributed by atoms with Gasteiger partial charge in [0.15, 0.2) is 5.16 Å². The second-order valence-electron chi connectivity index (χ2n) is 15.9. The van der Waals surface area contributed by atoms with Gasteiger partial charge < -0.3 is 18.7 Å². The second-order valence-corrected chi connectivity index (χ2v) is 19.2. The Bertz CT molecular complexity index is 1570. The summed E-state index contributed by atoms with van der Waals surface area (Å²) in [5, 5.41) is -1.10. The third-order valence-corrected chi connectivity index (χ3v) is 11.7. The maximum atomic E-state index is 14.9. The summed E-state index contributed by atoms with van der Waals surface area (Å²) < 4.78 is 52.4. The van der Waals surface area contributed by atoms with Crippen molar-refractivity contribution in [2.75, 3.05) is 32.4 Å². The lowest BCUT2D eigenvalue weighted by Gasteiger charge is -2.46. The average Bonchev–Trinajstić information content (AvgIpc) is 2.97. The molecule has 0 saturated carbocycles. The molecule has 1 fully saturated rings. The Morgan fingerprint density at radius 2 is 1.47 bits per heavy atom. The van der Waals surface area contributed by atoms with Crippen LogP contribution in [-0.4, -0.2) is 82.3 Å². The zero-order chi connectivity index (χ0) is 38.4. The highest BCUT2D eigenvalue weighted by Gasteiger charge is 2.59. The number of ether oxygens (including phenoxy) is 3. The van der Waals surface area contributed by atoms with E-state index in [0.717, 1.165) is 10.5 Å².